The molecule has 0 radical (unpaired) electrons. The molecular weight excluding hydrogens is 511 g/mol. The summed E-state index contributed by atoms with van der Waals surface area (Å²) in [5.41, 5.74) is 5.60. The average molecular weight is 541 g/mol. The lowest BCUT2D eigenvalue weighted by Crippen LogP contribution is -2.74. The lowest BCUT2D eigenvalue weighted by Gasteiger charge is -2.56. The number of fused-ring (bicyclic) bond motifs is 2. The summed E-state index contributed by atoms with van der Waals surface area (Å²) in [6, 6.07) is 13.4. The highest BCUT2D eigenvalue weighted by Crippen LogP contribution is 2.57. The Balaban J connectivity index is 1.20. The van der Waals surface area contributed by atoms with Gasteiger partial charge in [0.1, 0.15) is 35.6 Å². The van der Waals surface area contributed by atoms with Gasteiger partial charge in [-0.3, -0.25) is 9.88 Å². The molecule has 3 aromatic heterocycles. The van der Waals surface area contributed by atoms with Crippen molar-refractivity contribution in [3.05, 3.63) is 72.7 Å². The van der Waals surface area contributed by atoms with E-state index in [1.54, 1.807) is 36.8 Å². The van der Waals surface area contributed by atoms with Crippen molar-refractivity contribution in [3.63, 3.8) is 0 Å². The number of nitrogen functional groups attached to an aromatic ring is 1. The molecule has 2 aliphatic rings. The van der Waals surface area contributed by atoms with E-state index in [0.717, 1.165) is 5.56 Å². The topological polar surface area (TPSA) is 163 Å². The van der Waals surface area contributed by atoms with Crippen LogP contribution in [0.2, 0.25) is 0 Å². The number of benzene rings is 1. The van der Waals surface area contributed by atoms with Crippen LogP contribution >= 0.6 is 8.38 Å². The second kappa shape index (κ2) is 9.65. The number of anilines is 1. The highest BCUT2D eigenvalue weighted by atomic mass is 31.2. The predicted octanol–water partition coefficient (Wildman–Crippen LogP) is 2.62. The predicted molar refractivity (Wildman–Crippen MR) is 137 cm³/mol. The van der Waals surface area contributed by atoms with Gasteiger partial charge in [0, 0.05) is 6.54 Å². The van der Waals surface area contributed by atoms with E-state index < -0.39 is 43.8 Å². The molecule has 1 aromatic carbocycles. The Morgan fingerprint density at radius 2 is 2.00 bits per heavy atom. The fourth-order valence-electron chi connectivity index (χ4n) is 5.17. The van der Waals surface area contributed by atoms with Gasteiger partial charge in [-0.15, -0.1) is 0 Å². The summed E-state index contributed by atoms with van der Waals surface area (Å²) in [6.45, 7) is 4.02. The molecule has 200 valence electrons. The number of imidazole rings is 1. The summed E-state index contributed by atoms with van der Waals surface area (Å²) in [7, 11) is -2.05. The Hall–Kier alpha value is -2.96. The Labute approximate surface area is 219 Å². The fraction of sp³-hybridized carbons (Fsp3) is 0.400. The molecule has 0 bridgehead atoms. The Morgan fingerprint density at radius 1 is 1.18 bits per heavy atom. The molecule has 0 saturated carbocycles. The van der Waals surface area contributed by atoms with Crippen molar-refractivity contribution in [3.8, 4) is 0 Å². The maximum absolute atomic E-state index is 11.8. The first kappa shape index (κ1) is 25.3. The van der Waals surface area contributed by atoms with Crippen molar-refractivity contribution >= 4 is 25.4 Å². The number of hydrogen-bond acceptors (Lipinski definition) is 11. The largest absolute Gasteiger partial charge is 0.467 e. The van der Waals surface area contributed by atoms with Gasteiger partial charge >= 0.3 is 0 Å². The minimum Gasteiger partial charge on any atom is -0.467 e. The molecule has 38 heavy (non-hydrogen) atoms. The fourth-order valence-corrected chi connectivity index (χ4v) is 6.22. The molecule has 5 N–H and O–H groups in total. The van der Waals surface area contributed by atoms with E-state index in [9.17, 15) is 10.00 Å². The van der Waals surface area contributed by atoms with Crippen LogP contribution in [0.5, 0.6) is 0 Å². The van der Waals surface area contributed by atoms with E-state index in [4.69, 9.17) is 24.1 Å². The van der Waals surface area contributed by atoms with Gasteiger partial charge in [0.15, 0.2) is 31.7 Å². The lowest BCUT2D eigenvalue weighted by molar-refractivity contribution is -0.335. The Morgan fingerprint density at radius 3 is 2.74 bits per heavy atom. The number of nitrogens with zero attached hydrogens (tertiary/aromatic N) is 4. The zero-order valence-corrected chi connectivity index (χ0v) is 21.7. The third-order valence-electron chi connectivity index (χ3n) is 7.27. The highest BCUT2D eigenvalue weighted by Gasteiger charge is 2.73. The summed E-state index contributed by atoms with van der Waals surface area (Å²) < 4.78 is 25.6. The van der Waals surface area contributed by atoms with Crippen LogP contribution in [0.3, 0.4) is 0 Å². The van der Waals surface area contributed by atoms with Crippen molar-refractivity contribution in [2.45, 2.75) is 55.8 Å². The molecule has 12 nitrogen and oxygen atoms in total. The van der Waals surface area contributed by atoms with E-state index >= 15 is 0 Å². The van der Waals surface area contributed by atoms with E-state index in [0.29, 0.717) is 23.5 Å². The van der Waals surface area contributed by atoms with Crippen LogP contribution in [0.15, 0.2) is 65.8 Å². The number of hydrogen-bond donors (Lipinski definition) is 4. The van der Waals surface area contributed by atoms with Gasteiger partial charge in [-0.05, 0) is 31.5 Å². The molecule has 2 unspecified atom stereocenters. The van der Waals surface area contributed by atoms with Crippen LogP contribution in [0.25, 0.3) is 11.2 Å². The monoisotopic (exact) mass is 540 g/mol. The summed E-state index contributed by atoms with van der Waals surface area (Å²) in [4.78, 5) is 23.7. The molecule has 4 aromatic rings. The van der Waals surface area contributed by atoms with Crippen molar-refractivity contribution in [2.75, 3.05) is 12.3 Å². The number of furan rings is 1. The maximum atomic E-state index is 11.8. The first-order chi connectivity index (χ1) is 18.3. The van der Waals surface area contributed by atoms with Gasteiger partial charge in [-0.2, -0.15) is 0 Å². The summed E-state index contributed by atoms with van der Waals surface area (Å²) in [5.74, 6) is 0.200. The van der Waals surface area contributed by atoms with Crippen LogP contribution in [-0.2, 0) is 20.5 Å². The van der Waals surface area contributed by atoms with E-state index in [-0.39, 0.29) is 12.4 Å². The number of nitrogens with one attached hydrogen (secondary N) is 1. The van der Waals surface area contributed by atoms with Crippen molar-refractivity contribution in [1.82, 2.24) is 24.8 Å². The van der Waals surface area contributed by atoms with E-state index in [1.165, 1.54) is 12.7 Å². The van der Waals surface area contributed by atoms with Crippen LogP contribution in [-0.4, -0.2) is 59.5 Å². The molecule has 0 aliphatic carbocycles. The molecule has 6 rings (SSSR count). The van der Waals surface area contributed by atoms with Gasteiger partial charge in [-0.1, -0.05) is 30.3 Å². The lowest BCUT2D eigenvalue weighted by atomic mass is 9.72. The second-order valence-electron chi connectivity index (χ2n) is 9.86. The Kier molecular flexibility index (Phi) is 6.43. The van der Waals surface area contributed by atoms with Gasteiger partial charge in [0.25, 0.3) is 0 Å². The molecule has 2 fully saturated rings. The molecule has 13 heteroatoms. The van der Waals surface area contributed by atoms with Crippen LogP contribution in [0.4, 0.5) is 5.82 Å². The van der Waals surface area contributed by atoms with Crippen molar-refractivity contribution < 1.29 is 28.4 Å². The van der Waals surface area contributed by atoms with Crippen LogP contribution in [0.1, 0.15) is 37.2 Å². The third-order valence-corrected chi connectivity index (χ3v) is 8.56. The summed E-state index contributed by atoms with van der Waals surface area (Å²) in [5, 5.41) is 15.1. The number of aromatic nitrogens is 4. The minimum absolute atomic E-state index is 0.0769. The van der Waals surface area contributed by atoms with E-state index in [2.05, 4.69) is 20.3 Å². The Bertz CT molecular complexity index is 1400. The minimum atomic E-state index is -2.05. The number of nitrogens with two attached hydrogens (primary N) is 1. The third kappa shape index (κ3) is 4.09. The molecule has 2 saturated heterocycles. The molecule has 6 atom stereocenters. The first-order valence-electron chi connectivity index (χ1n) is 12.2. The first-order valence-corrected chi connectivity index (χ1v) is 13.5. The highest BCUT2D eigenvalue weighted by molar-refractivity contribution is 7.46. The zero-order valence-electron chi connectivity index (χ0n) is 20.8. The van der Waals surface area contributed by atoms with Gasteiger partial charge in [-0.25, -0.2) is 15.0 Å². The van der Waals surface area contributed by atoms with Gasteiger partial charge in [0.05, 0.1) is 24.8 Å². The second-order valence-corrected chi connectivity index (χ2v) is 11.2. The SMILES string of the molecule is CC1(C)O[C@H]2[C@H](n3cnc4c(N)ncnc43)O[C@H](COP(O)C(NCc3ccccc3)c3ccco3)[C@@]21O. The number of aliphatic hydroxyl groups is 1. The number of rotatable bonds is 9. The smallest absolute Gasteiger partial charge is 0.194 e. The molecule has 0 amide bonds. The molecular formula is C25H29N6O6P. The van der Waals surface area contributed by atoms with Crippen LogP contribution in [0, 0.1) is 0 Å². The quantitative estimate of drug-likeness (QED) is 0.231. The van der Waals surface area contributed by atoms with E-state index in [1.807, 2.05) is 30.3 Å². The molecule has 2 aliphatic heterocycles. The van der Waals surface area contributed by atoms with Crippen molar-refractivity contribution in [1.29, 1.82) is 0 Å². The summed E-state index contributed by atoms with van der Waals surface area (Å²) in [6.07, 6.45) is 2.19. The normalized spacial score (nSPS) is 27.6. The molecule has 0 spiro atoms. The zero-order chi connectivity index (χ0) is 26.5. The average Bonchev–Trinajstić information content (AvgIpc) is 3.64. The standard InChI is InChI=1S/C25H29N6O6P/c1-24(2)25(32)17(36-23(19(25)37-24)31-14-30-18-20(26)28-13-29-21(18)31)12-35-38(33)22(16-9-6-10-34-16)27-11-15-7-4-3-5-8-15/h3-10,13-14,17,19,22-23,27,32-33H,11-12H2,1-2H3,(H2,26,28,29)/t17-,19+,22?,23-,25-,38?/m1/s1. The van der Waals surface area contributed by atoms with Gasteiger partial charge in [0.2, 0.25) is 0 Å². The maximum Gasteiger partial charge on any atom is 0.194 e. The number of ether oxygens (including phenoxy) is 2. The van der Waals surface area contributed by atoms with Gasteiger partial charge < -0.3 is 34.1 Å². The molecule has 5 heterocycles. The van der Waals surface area contributed by atoms with Crippen molar-refractivity contribution in [2.24, 2.45) is 0 Å². The summed E-state index contributed by atoms with van der Waals surface area (Å²) >= 11 is 0. The van der Waals surface area contributed by atoms with Crippen LogP contribution < -0.4 is 11.1 Å².